The Hall–Kier alpha value is -1.27. The number of rotatable bonds is 3. The predicted molar refractivity (Wildman–Crippen MR) is 59.2 cm³/mol. The van der Waals surface area contributed by atoms with Crippen LogP contribution in [0.4, 0.5) is 13.2 Å². The molecule has 2 aliphatic carbocycles. The second-order valence-corrected chi connectivity index (χ2v) is 5.46. The first kappa shape index (κ1) is 14.1. The van der Waals surface area contributed by atoms with Crippen molar-refractivity contribution in [2.24, 2.45) is 11.3 Å². The lowest BCUT2D eigenvalue weighted by Crippen LogP contribution is -2.46. The molecule has 0 spiro atoms. The van der Waals surface area contributed by atoms with Gasteiger partial charge in [0.25, 0.3) is 0 Å². The van der Waals surface area contributed by atoms with E-state index < -0.39 is 35.4 Å². The molecule has 0 bridgehead atoms. The quantitative estimate of drug-likeness (QED) is 0.777. The van der Waals surface area contributed by atoms with Crippen molar-refractivity contribution in [3.8, 4) is 0 Å². The van der Waals surface area contributed by atoms with Gasteiger partial charge >= 0.3 is 12.1 Å². The van der Waals surface area contributed by atoms with Crippen LogP contribution in [-0.2, 0) is 9.59 Å². The van der Waals surface area contributed by atoms with Crippen molar-refractivity contribution < 1.29 is 27.9 Å². The molecule has 2 saturated carbocycles. The van der Waals surface area contributed by atoms with E-state index in [1.165, 1.54) is 0 Å². The summed E-state index contributed by atoms with van der Waals surface area (Å²) in [5.41, 5.74) is -1.38. The number of hydrogen-bond donors (Lipinski definition) is 2. The molecule has 2 N–H and O–H groups in total. The molecule has 0 aromatic rings. The van der Waals surface area contributed by atoms with Gasteiger partial charge in [-0.15, -0.1) is 0 Å². The first-order chi connectivity index (χ1) is 8.75. The van der Waals surface area contributed by atoms with Crippen LogP contribution in [0.5, 0.6) is 0 Å². The van der Waals surface area contributed by atoms with Crippen LogP contribution in [-0.4, -0.2) is 29.2 Å². The molecule has 2 rings (SSSR count). The minimum Gasteiger partial charge on any atom is -0.480 e. The SMILES string of the molecule is O=C(O)C1(C(=O)N[C@@H]2CCC[C@H](C(F)(F)F)C2)CC1. The number of hydrogen-bond acceptors (Lipinski definition) is 2. The average molecular weight is 279 g/mol. The lowest BCUT2D eigenvalue weighted by molar-refractivity contribution is -0.184. The molecule has 0 aliphatic heterocycles. The minimum atomic E-state index is -4.24. The second-order valence-electron chi connectivity index (χ2n) is 5.46. The summed E-state index contributed by atoms with van der Waals surface area (Å²) in [6.45, 7) is 0. The molecule has 0 radical (unpaired) electrons. The van der Waals surface area contributed by atoms with Gasteiger partial charge < -0.3 is 10.4 Å². The maximum absolute atomic E-state index is 12.6. The maximum atomic E-state index is 12.6. The fraction of sp³-hybridized carbons (Fsp3) is 0.833. The van der Waals surface area contributed by atoms with Gasteiger partial charge in [0.05, 0.1) is 5.92 Å². The molecular formula is C12H16F3NO3. The van der Waals surface area contributed by atoms with Crippen LogP contribution in [0.3, 0.4) is 0 Å². The third-order valence-electron chi connectivity index (χ3n) is 4.07. The van der Waals surface area contributed by atoms with E-state index in [1.54, 1.807) is 0 Å². The van der Waals surface area contributed by atoms with Crippen molar-refractivity contribution in [2.75, 3.05) is 0 Å². The van der Waals surface area contributed by atoms with Gasteiger partial charge in [-0.3, -0.25) is 9.59 Å². The van der Waals surface area contributed by atoms with E-state index in [0.717, 1.165) is 0 Å². The predicted octanol–water partition coefficient (Wildman–Crippen LogP) is 2.09. The zero-order valence-electron chi connectivity index (χ0n) is 10.3. The molecule has 19 heavy (non-hydrogen) atoms. The number of nitrogens with one attached hydrogen (secondary N) is 1. The molecule has 0 saturated heterocycles. The Kier molecular flexibility index (Phi) is 3.49. The number of carbonyl (C=O) groups is 2. The van der Waals surface area contributed by atoms with E-state index in [-0.39, 0.29) is 25.7 Å². The smallest absolute Gasteiger partial charge is 0.391 e. The monoisotopic (exact) mass is 279 g/mol. The van der Waals surface area contributed by atoms with Gasteiger partial charge in [0, 0.05) is 6.04 Å². The average Bonchev–Trinajstić information content (AvgIpc) is 3.09. The fourth-order valence-electron chi connectivity index (χ4n) is 2.60. The first-order valence-electron chi connectivity index (χ1n) is 6.37. The molecule has 4 nitrogen and oxygen atoms in total. The number of amides is 1. The Bertz CT molecular complexity index is 390. The van der Waals surface area contributed by atoms with E-state index in [1.807, 2.05) is 0 Å². The molecule has 108 valence electrons. The van der Waals surface area contributed by atoms with Crippen molar-refractivity contribution >= 4 is 11.9 Å². The fourth-order valence-corrected chi connectivity index (χ4v) is 2.60. The Morgan fingerprint density at radius 3 is 2.32 bits per heavy atom. The number of aliphatic carboxylic acids is 1. The lowest BCUT2D eigenvalue weighted by atomic mass is 9.85. The number of carbonyl (C=O) groups excluding carboxylic acids is 1. The van der Waals surface area contributed by atoms with Crippen molar-refractivity contribution in [3.05, 3.63) is 0 Å². The molecule has 2 atom stereocenters. The number of alkyl halides is 3. The summed E-state index contributed by atoms with van der Waals surface area (Å²) < 4.78 is 37.9. The maximum Gasteiger partial charge on any atom is 0.391 e. The van der Waals surface area contributed by atoms with Gasteiger partial charge in [-0.25, -0.2) is 0 Å². The molecule has 1 amide bonds. The molecular weight excluding hydrogens is 263 g/mol. The van der Waals surface area contributed by atoms with E-state index in [9.17, 15) is 22.8 Å². The topological polar surface area (TPSA) is 66.4 Å². The molecule has 2 aliphatic rings. The summed E-state index contributed by atoms with van der Waals surface area (Å²) in [6, 6.07) is -0.565. The lowest BCUT2D eigenvalue weighted by Gasteiger charge is -2.31. The Balaban J connectivity index is 1.93. The third-order valence-corrected chi connectivity index (χ3v) is 4.07. The molecule has 0 aromatic heterocycles. The minimum absolute atomic E-state index is 0.0833. The highest BCUT2D eigenvalue weighted by Crippen LogP contribution is 2.46. The summed E-state index contributed by atoms with van der Waals surface area (Å²) in [7, 11) is 0. The van der Waals surface area contributed by atoms with Crippen LogP contribution in [0.2, 0.25) is 0 Å². The van der Waals surface area contributed by atoms with Crippen molar-refractivity contribution in [2.45, 2.75) is 50.7 Å². The van der Waals surface area contributed by atoms with Crippen LogP contribution >= 0.6 is 0 Å². The van der Waals surface area contributed by atoms with Crippen molar-refractivity contribution in [1.29, 1.82) is 0 Å². The highest BCUT2D eigenvalue weighted by atomic mass is 19.4. The Morgan fingerprint density at radius 2 is 1.84 bits per heavy atom. The summed E-state index contributed by atoms with van der Waals surface area (Å²) in [4.78, 5) is 22.8. The van der Waals surface area contributed by atoms with Gasteiger partial charge in [-0.1, -0.05) is 6.42 Å². The van der Waals surface area contributed by atoms with Crippen LogP contribution < -0.4 is 5.32 Å². The number of carboxylic acid groups (broad SMARTS) is 1. The second kappa shape index (κ2) is 4.68. The largest absolute Gasteiger partial charge is 0.480 e. The molecule has 0 heterocycles. The molecule has 7 heteroatoms. The van der Waals surface area contributed by atoms with Crippen LogP contribution in [0.1, 0.15) is 38.5 Å². The van der Waals surface area contributed by atoms with E-state index in [2.05, 4.69) is 5.32 Å². The van der Waals surface area contributed by atoms with Crippen LogP contribution in [0.15, 0.2) is 0 Å². The zero-order valence-corrected chi connectivity index (χ0v) is 10.3. The van der Waals surface area contributed by atoms with Gasteiger partial charge in [-0.2, -0.15) is 13.2 Å². The van der Waals surface area contributed by atoms with E-state index in [0.29, 0.717) is 12.8 Å². The van der Waals surface area contributed by atoms with Crippen molar-refractivity contribution in [3.63, 3.8) is 0 Å². The molecule has 0 unspecified atom stereocenters. The van der Waals surface area contributed by atoms with Gasteiger partial charge in [0.2, 0.25) is 5.91 Å². The molecule has 2 fully saturated rings. The van der Waals surface area contributed by atoms with Crippen LogP contribution in [0, 0.1) is 11.3 Å². The summed E-state index contributed by atoms with van der Waals surface area (Å²) in [6.07, 6.45) is -2.89. The number of halogens is 3. The Labute approximate surface area is 108 Å². The summed E-state index contributed by atoms with van der Waals surface area (Å²) >= 11 is 0. The van der Waals surface area contributed by atoms with Crippen molar-refractivity contribution in [1.82, 2.24) is 5.32 Å². The van der Waals surface area contributed by atoms with Crippen LogP contribution in [0.25, 0.3) is 0 Å². The summed E-state index contributed by atoms with van der Waals surface area (Å²) in [5.74, 6) is -3.22. The Morgan fingerprint density at radius 1 is 1.21 bits per heavy atom. The van der Waals surface area contributed by atoms with Gasteiger partial charge in [0.1, 0.15) is 5.41 Å². The van der Waals surface area contributed by atoms with Gasteiger partial charge in [0.15, 0.2) is 0 Å². The summed E-state index contributed by atoms with van der Waals surface area (Å²) in [5, 5.41) is 11.4. The van der Waals surface area contributed by atoms with E-state index >= 15 is 0 Å². The zero-order chi connectivity index (χ0) is 14.3. The highest BCUT2D eigenvalue weighted by Gasteiger charge is 2.57. The first-order valence-corrected chi connectivity index (χ1v) is 6.37. The number of carboxylic acids is 1. The molecule has 0 aromatic carbocycles. The van der Waals surface area contributed by atoms with Gasteiger partial charge in [-0.05, 0) is 32.1 Å². The highest BCUT2D eigenvalue weighted by molar-refractivity contribution is 6.04. The van der Waals surface area contributed by atoms with E-state index in [4.69, 9.17) is 5.11 Å². The third kappa shape index (κ3) is 2.84. The normalized spacial score (nSPS) is 29.6. The standard InChI is InChI=1S/C12H16F3NO3/c13-12(14,15)7-2-1-3-8(6-7)16-9(17)11(4-5-11)10(18)19/h7-8H,1-6H2,(H,16,17)(H,18,19)/t7-,8+/m0/s1.